The van der Waals surface area contributed by atoms with Crippen molar-refractivity contribution >= 4 is 11.8 Å². The molecule has 0 spiro atoms. The van der Waals surface area contributed by atoms with Crippen molar-refractivity contribution in [2.24, 2.45) is 5.92 Å². The van der Waals surface area contributed by atoms with Crippen molar-refractivity contribution in [3.8, 4) is 5.75 Å². The Morgan fingerprint density at radius 3 is 2.58 bits per heavy atom. The maximum absolute atomic E-state index is 13.0. The summed E-state index contributed by atoms with van der Waals surface area (Å²) in [6.07, 6.45) is 4.74. The molecule has 5 nitrogen and oxygen atoms in total. The van der Waals surface area contributed by atoms with Gasteiger partial charge in [0.1, 0.15) is 11.6 Å². The second-order valence-corrected chi connectivity index (χ2v) is 6.54. The van der Waals surface area contributed by atoms with Crippen LogP contribution >= 0.6 is 0 Å². The first-order chi connectivity index (χ1) is 11.6. The molecule has 0 bridgehead atoms. The van der Waals surface area contributed by atoms with E-state index in [9.17, 15) is 14.0 Å². The Balaban J connectivity index is 1.37. The van der Waals surface area contributed by atoms with Gasteiger partial charge in [-0.25, -0.2) is 4.39 Å². The number of rotatable bonds is 5. The Morgan fingerprint density at radius 2 is 1.96 bits per heavy atom. The number of hydrogen-bond acceptors (Lipinski definition) is 3. The zero-order chi connectivity index (χ0) is 16.9. The van der Waals surface area contributed by atoms with E-state index in [1.807, 2.05) is 4.90 Å². The minimum Gasteiger partial charge on any atom is -0.484 e. The van der Waals surface area contributed by atoms with Crippen LogP contribution in [0.2, 0.25) is 0 Å². The Labute approximate surface area is 141 Å². The molecule has 2 amide bonds. The van der Waals surface area contributed by atoms with Gasteiger partial charge in [-0.2, -0.15) is 0 Å². The quantitative estimate of drug-likeness (QED) is 0.897. The molecule has 1 aliphatic heterocycles. The molecule has 1 saturated heterocycles. The lowest BCUT2D eigenvalue weighted by Crippen LogP contribution is -2.49. The summed E-state index contributed by atoms with van der Waals surface area (Å²) in [6, 6.07) is 5.79. The van der Waals surface area contributed by atoms with Gasteiger partial charge in [0.15, 0.2) is 6.61 Å². The zero-order valence-electron chi connectivity index (χ0n) is 13.7. The van der Waals surface area contributed by atoms with Crippen molar-refractivity contribution in [3.63, 3.8) is 0 Å². The van der Waals surface area contributed by atoms with Crippen molar-refractivity contribution in [1.29, 1.82) is 0 Å². The molecule has 130 valence electrons. The molecule has 3 rings (SSSR count). The van der Waals surface area contributed by atoms with Gasteiger partial charge in [0.05, 0.1) is 0 Å². The van der Waals surface area contributed by atoms with E-state index in [2.05, 4.69) is 5.32 Å². The van der Waals surface area contributed by atoms with E-state index >= 15 is 0 Å². The summed E-state index contributed by atoms with van der Waals surface area (Å²) in [5, 5.41) is 2.92. The molecule has 0 aromatic heterocycles. The first kappa shape index (κ1) is 16.7. The fourth-order valence-electron chi connectivity index (χ4n) is 3.13. The van der Waals surface area contributed by atoms with Gasteiger partial charge in [0, 0.05) is 31.1 Å². The maximum Gasteiger partial charge on any atom is 0.258 e. The summed E-state index contributed by atoms with van der Waals surface area (Å²) < 4.78 is 18.3. The lowest BCUT2D eigenvalue weighted by atomic mass is 9.84. The van der Waals surface area contributed by atoms with E-state index in [1.54, 1.807) is 6.07 Å². The molecule has 0 unspecified atom stereocenters. The zero-order valence-corrected chi connectivity index (χ0v) is 13.7. The van der Waals surface area contributed by atoms with Gasteiger partial charge < -0.3 is 15.0 Å². The molecule has 24 heavy (non-hydrogen) atoms. The second-order valence-electron chi connectivity index (χ2n) is 6.54. The van der Waals surface area contributed by atoms with Gasteiger partial charge in [-0.05, 0) is 37.8 Å². The third-order valence-corrected chi connectivity index (χ3v) is 4.79. The standard InChI is InChI=1S/C18H23FN2O3/c19-14-5-2-6-16(11-14)24-12-17(22)20-15-7-9-21(10-8-15)18(23)13-3-1-4-13/h2,5-6,11,13,15H,1,3-4,7-10,12H2,(H,20,22). The van der Waals surface area contributed by atoms with Crippen LogP contribution in [0.15, 0.2) is 24.3 Å². The first-order valence-electron chi connectivity index (χ1n) is 8.58. The van der Waals surface area contributed by atoms with E-state index in [1.165, 1.54) is 18.2 Å². The number of halogens is 1. The van der Waals surface area contributed by atoms with Crippen LogP contribution in [0, 0.1) is 11.7 Å². The largest absolute Gasteiger partial charge is 0.484 e. The van der Waals surface area contributed by atoms with Gasteiger partial charge in [-0.15, -0.1) is 0 Å². The third-order valence-electron chi connectivity index (χ3n) is 4.79. The Kier molecular flexibility index (Phi) is 5.33. The molecule has 1 aromatic carbocycles. The van der Waals surface area contributed by atoms with Gasteiger partial charge in [0.25, 0.3) is 5.91 Å². The maximum atomic E-state index is 13.0. The van der Waals surface area contributed by atoms with E-state index in [4.69, 9.17) is 4.74 Å². The van der Waals surface area contributed by atoms with E-state index in [0.29, 0.717) is 18.8 Å². The number of benzene rings is 1. The van der Waals surface area contributed by atoms with Gasteiger partial charge >= 0.3 is 0 Å². The molecule has 1 aromatic rings. The van der Waals surface area contributed by atoms with Crippen LogP contribution in [0.3, 0.4) is 0 Å². The highest BCUT2D eigenvalue weighted by molar-refractivity contribution is 5.80. The van der Waals surface area contributed by atoms with Crippen molar-refractivity contribution in [2.45, 2.75) is 38.1 Å². The lowest BCUT2D eigenvalue weighted by molar-refractivity contribution is -0.139. The highest BCUT2D eigenvalue weighted by atomic mass is 19.1. The van der Waals surface area contributed by atoms with Crippen LogP contribution in [0.25, 0.3) is 0 Å². The molecule has 1 heterocycles. The van der Waals surface area contributed by atoms with E-state index in [-0.39, 0.29) is 30.4 Å². The topological polar surface area (TPSA) is 58.6 Å². The number of ether oxygens (including phenoxy) is 1. The lowest BCUT2D eigenvalue weighted by Gasteiger charge is -2.36. The molecule has 1 aliphatic carbocycles. The van der Waals surface area contributed by atoms with Crippen molar-refractivity contribution < 1.29 is 18.7 Å². The molecule has 2 aliphatic rings. The minimum atomic E-state index is -0.392. The third kappa shape index (κ3) is 4.24. The van der Waals surface area contributed by atoms with Crippen LogP contribution in [-0.2, 0) is 9.59 Å². The average Bonchev–Trinajstić information content (AvgIpc) is 2.52. The van der Waals surface area contributed by atoms with E-state index < -0.39 is 5.82 Å². The van der Waals surface area contributed by atoms with Crippen LogP contribution in [0.5, 0.6) is 5.75 Å². The van der Waals surface area contributed by atoms with Crippen molar-refractivity contribution in [3.05, 3.63) is 30.1 Å². The molecule has 2 fully saturated rings. The molecule has 1 saturated carbocycles. The molecule has 0 atom stereocenters. The summed E-state index contributed by atoms with van der Waals surface area (Å²) in [6.45, 7) is 1.26. The molecule has 6 heteroatoms. The summed E-state index contributed by atoms with van der Waals surface area (Å²) in [5.74, 6) is 0.238. The monoisotopic (exact) mass is 334 g/mol. The van der Waals surface area contributed by atoms with Crippen LogP contribution in [-0.4, -0.2) is 42.5 Å². The van der Waals surface area contributed by atoms with Crippen LogP contribution < -0.4 is 10.1 Å². The number of hydrogen-bond donors (Lipinski definition) is 1. The normalized spacial score (nSPS) is 18.8. The number of carbonyl (C=O) groups excluding carboxylic acids is 2. The SMILES string of the molecule is O=C(COc1cccc(F)c1)NC1CCN(C(=O)C2CCC2)CC1. The molecule has 1 N–H and O–H groups in total. The first-order valence-corrected chi connectivity index (χ1v) is 8.58. The van der Waals surface area contributed by atoms with Crippen LogP contribution in [0.1, 0.15) is 32.1 Å². The highest BCUT2D eigenvalue weighted by Gasteiger charge is 2.31. The summed E-state index contributed by atoms with van der Waals surface area (Å²) in [4.78, 5) is 26.0. The predicted molar refractivity (Wildman–Crippen MR) is 87.0 cm³/mol. The second kappa shape index (κ2) is 7.64. The fourth-order valence-corrected chi connectivity index (χ4v) is 3.13. The Hall–Kier alpha value is -2.11. The van der Waals surface area contributed by atoms with Gasteiger partial charge in [-0.1, -0.05) is 12.5 Å². The Morgan fingerprint density at radius 1 is 1.21 bits per heavy atom. The summed E-state index contributed by atoms with van der Waals surface area (Å²) in [5.41, 5.74) is 0. The van der Waals surface area contributed by atoms with Gasteiger partial charge in [0.2, 0.25) is 5.91 Å². The van der Waals surface area contributed by atoms with Crippen LogP contribution in [0.4, 0.5) is 4.39 Å². The molecular weight excluding hydrogens is 311 g/mol. The fraction of sp³-hybridized carbons (Fsp3) is 0.556. The van der Waals surface area contributed by atoms with Gasteiger partial charge in [-0.3, -0.25) is 9.59 Å². The number of carbonyl (C=O) groups is 2. The molecule has 0 radical (unpaired) electrons. The number of nitrogens with one attached hydrogen (secondary N) is 1. The van der Waals surface area contributed by atoms with E-state index in [0.717, 1.165) is 32.1 Å². The number of amides is 2. The number of likely N-dealkylation sites (tertiary alicyclic amines) is 1. The highest BCUT2D eigenvalue weighted by Crippen LogP contribution is 2.29. The average molecular weight is 334 g/mol. The minimum absolute atomic E-state index is 0.0686. The summed E-state index contributed by atoms with van der Waals surface area (Å²) >= 11 is 0. The predicted octanol–water partition coefficient (Wildman–Crippen LogP) is 2.11. The number of nitrogens with zero attached hydrogens (tertiary/aromatic N) is 1. The van der Waals surface area contributed by atoms with Crippen molar-refractivity contribution in [2.75, 3.05) is 19.7 Å². The smallest absolute Gasteiger partial charge is 0.258 e. The van der Waals surface area contributed by atoms with Crippen molar-refractivity contribution in [1.82, 2.24) is 10.2 Å². The summed E-state index contributed by atoms with van der Waals surface area (Å²) in [7, 11) is 0. The Bertz CT molecular complexity index is 596. The number of piperidine rings is 1. The molecular formula is C18H23FN2O3.